The average molecular weight is 525 g/mol. The molecule has 0 atom stereocenters. The van der Waals surface area contributed by atoms with Crippen molar-refractivity contribution in [3.05, 3.63) is 127 Å². The Labute approximate surface area is 239 Å². The molecule has 1 N–H and O–H groups in total. The zero-order valence-electron chi connectivity index (χ0n) is 22.4. The molecule has 0 bridgehead atoms. The number of nitrogens with one attached hydrogen (secondary N) is 1. The van der Waals surface area contributed by atoms with Crippen LogP contribution in [0.3, 0.4) is 0 Å². The van der Waals surface area contributed by atoms with Crippen LogP contribution in [0.5, 0.6) is 11.5 Å². The van der Waals surface area contributed by atoms with Gasteiger partial charge in [-0.3, -0.25) is 4.98 Å². The molecule has 41 heavy (non-hydrogen) atoms. The van der Waals surface area contributed by atoms with E-state index in [-0.39, 0.29) is 6.71 Å². The molecule has 0 spiro atoms. The normalized spacial score (nSPS) is 13.3. The van der Waals surface area contributed by atoms with E-state index in [9.17, 15) is 0 Å². The second-order valence-corrected chi connectivity index (χ2v) is 10.9. The van der Waals surface area contributed by atoms with Gasteiger partial charge in [-0.25, -0.2) is 0 Å². The Bertz CT molecular complexity index is 2040. The molecule has 9 rings (SSSR count). The molecule has 1 aromatic heterocycles. The van der Waals surface area contributed by atoms with Crippen molar-refractivity contribution < 1.29 is 4.74 Å². The summed E-state index contributed by atoms with van der Waals surface area (Å²) in [4.78, 5) is 7.12. The number of para-hydroxylation sites is 4. The van der Waals surface area contributed by atoms with Crippen LogP contribution in [0, 0.1) is 6.92 Å². The van der Waals surface area contributed by atoms with Gasteiger partial charge in [-0.2, -0.15) is 0 Å². The van der Waals surface area contributed by atoms with Crippen LogP contribution in [0.4, 0.5) is 28.4 Å². The lowest BCUT2D eigenvalue weighted by molar-refractivity contribution is 0.477. The smallest absolute Gasteiger partial charge is 0.252 e. The van der Waals surface area contributed by atoms with Gasteiger partial charge in [0.1, 0.15) is 0 Å². The zero-order valence-corrected chi connectivity index (χ0v) is 22.4. The molecule has 0 unspecified atom stereocenters. The summed E-state index contributed by atoms with van der Waals surface area (Å²) in [5.74, 6) is 1.74. The summed E-state index contributed by atoms with van der Waals surface area (Å²) in [6.07, 6.45) is 1.86. The second-order valence-electron chi connectivity index (χ2n) is 10.9. The lowest BCUT2D eigenvalue weighted by Crippen LogP contribution is -2.60. The Kier molecular flexibility index (Phi) is 4.59. The Morgan fingerprint density at radius 2 is 1.49 bits per heavy atom. The first-order chi connectivity index (χ1) is 20.3. The van der Waals surface area contributed by atoms with Crippen molar-refractivity contribution in [2.75, 3.05) is 10.2 Å². The molecule has 0 amide bonds. The largest absolute Gasteiger partial charge is 0.453 e. The van der Waals surface area contributed by atoms with Crippen LogP contribution in [0.25, 0.3) is 22.4 Å². The number of aromatic nitrogens is 1. The number of nitrogens with zero attached hydrogens (tertiary/aromatic N) is 2. The van der Waals surface area contributed by atoms with E-state index in [1.54, 1.807) is 0 Å². The fraction of sp³-hybridized carbons (Fsp3) is 0.0278. The van der Waals surface area contributed by atoms with Gasteiger partial charge < -0.3 is 15.0 Å². The predicted molar refractivity (Wildman–Crippen MR) is 169 cm³/mol. The zero-order chi connectivity index (χ0) is 27.1. The van der Waals surface area contributed by atoms with E-state index in [4.69, 9.17) is 9.72 Å². The van der Waals surface area contributed by atoms with Crippen LogP contribution in [-0.4, -0.2) is 11.7 Å². The lowest BCUT2D eigenvalue weighted by Gasteiger charge is -2.44. The Morgan fingerprint density at radius 3 is 2.39 bits per heavy atom. The number of anilines is 5. The molecule has 0 radical (unpaired) electrons. The van der Waals surface area contributed by atoms with Gasteiger partial charge in [0, 0.05) is 34.4 Å². The van der Waals surface area contributed by atoms with E-state index < -0.39 is 0 Å². The molecule has 4 nitrogen and oxygen atoms in total. The lowest BCUT2D eigenvalue weighted by atomic mass is 9.33. The molecule has 192 valence electrons. The molecule has 5 heteroatoms. The van der Waals surface area contributed by atoms with Gasteiger partial charge >= 0.3 is 0 Å². The maximum absolute atomic E-state index is 6.52. The first-order valence-electron chi connectivity index (χ1n) is 14.0. The minimum absolute atomic E-state index is 0.0538. The highest BCUT2D eigenvalue weighted by molar-refractivity contribution is 7.00. The minimum atomic E-state index is 0.0538. The molecular formula is C36H24BN3O. The quantitative estimate of drug-likeness (QED) is 0.243. The second kappa shape index (κ2) is 8.36. The molecule has 0 saturated carbocycles. The summed E-state index contributed by atoms with van der Waals surface area (Å²) in [5, 5.41) is 3.93. The van der Waals surface area contributed by atoms with Crippen LogP contribution in [0.2, 0.25) is 0 Å². The van der Waals surface area contributed by atoms with Gasteiger partial charge in [0.25, 0.3) is 6.71 Å². The van der Waals surface area contributed by atoms with Gasteiger partial charge in [0.2, 0.25) is 0 Å². The highest BCUT2D eigenvalue weighted by Crippen LogP contribution is 2.52. The van der Waals surface area contributed by atoms with Crippen LogP contribution in [-0.2, 0) is 0 Å². The van der Waals surface area contributed by atoms with E-state index in [0.717, 1.165) is 51.2 Å². The maximum Gasteiger partial charge on any atom is 0.252 e. The number of benzene rings is 5. The molecule has 3 aliphatic heterocycles. The third-order valence-electron chi connectivity index (χ3n) is 8.64. The molecule has 0 saturated heterocycles. The van der Waals surface area contributed by atoms with Crippen molar-refractivity contribution in [2.24, 2.45) is 0 Å². The van der Waals surface area contributed by atoms with Gasteiger partial charge in [-0.15, -0.1) is 0 Å². The molecule has 4 heterocycles. The van der Waals surface area contributed by atoms with Gasteiger partial charge in [-0.05, 0) is 76.9 Å². The molecule has 6 aromatic rings. The molecular weight excluding hydrogens is 501 g/mol. The molecule has 0 aliphatic carbocycles. The standard InChI is InChI=1S/C36H24BN3O/c1-22-10-2-3-11-24(22)25-12-8-13-26-35(25)39-29-20-23(28-15-6-7-19-38-28)21-31-34(29)37(26)27-14-9-18-33-36(27)40(31)30-16-4-5-17-32(30)41-33/h2-21,39H,1H3. The maximum atomic E-state index is 6.52. The Balaban J connectivity index is 1.38. The SMILES string of the molecule is Cc1ccccc1-c1cccc2c1Nc1cc(-c3ccccn3)cc3c1B2c1cccc2c1N3c1ccccc1O2. The van der Waals surface area contributed by atoms with Crippen molar-refractivity contribution in [3.8, 4) is 33.9 Å². The van der Waals surface area contributed by atoms with Crippen molar-refractivity contribution >= 4 is 51.5 Å². The first kappa shape index (κ1) is 22.5. The Morgan fingerprint density at radius 1 is 0.707 bits per heavy atom. The van der Waals surface area contributed by atoms with Crippen molar-refractivity contribution in [3.63, 3.8) is 0 Å². The van der Waals surface area contributed by atoms with E-state index in [0.29, 0.717) is 0 Å². The van der Waals surface area contributed by atoms with Crippen molar-refractivity contribution in [2.45, 2.75) is 6.92 Å². The van der Waals surface area contributed by atoms with E-state index >= 15 is 0 Å². The fourth-order valence-corrected chi connectivity index (χ4v) is 6.89. The minimum Gasteiger partial charge on any atom is -0.453 e. The topological polar surface area (TPSA) is 37.4 Å². The third kappa shape index (κ3) is 3.14. The van der Waals surface area contributed by atoms with Gasteiger partial charge in [-0.1, -0.05) is 72.8 Å². The fourth-order valence-electron chi connectivity index (χ4n) is 6.89. The Hall–Kier alpha value is -5.29. The summed E-state index contributed by atoms with van der Waals surface area (Å²) in [5.41, 5.74) is 15.1. The number of fused-ring (bicyclic) bond motifs is 6. The molecule has 0 fully saturated rings. The number of rotatable bonds is 2. The summed E-state index contributed by atoms with van der Waals surface area (Å²) in [7, 11) is 0. The molecule has 5 aromatic carbocycles. The predicted octanol–water partition coefficient (Wildman–Crippen LogP) is 7.19. The van der Waals surface area contributed by atoms with Crippen molar-refractivity contribution in [1.82, 2.24) is 4.98 Å². The van der Waals surface area contributed by atoms with E-state index in [2.05, 4.69) is 108 Å². The summed E-state index contributed by atoms with van der Waals surface area (Å²) in [6.45, 7) is 2.24. The average Bonchev–Trinajstić information content (AvgIpc) is 3.02. The van der Waals surface area contributed by atoms with E-state index in [1.807, 2.05) is 30.5 Å². The number of ether oxygens (including phenoxy) is 1. The number of aryl methyl sites for hydroxylation is 1. The van der Waals surface area contributed by atoms with Crippen molar-refractivity contribution in [1.29, 1.82) is 0 Å². The van der Waals surface area contributed by atoms with Gasteiger partial charge in [0.05, 0.1) is 17.1 Å². The summed E-state index contributed by atoms with van der Waals surface area (Å²) >= 11 is 0. The highest BCUT2D eigenvalue weighted by Gasteiger charge is 2.44. The summed E-state index contributed by atoms with van der Waals surface area (Å²) in [6, 6.07) is 40.8. The molecule has 3 aliphatic rings. The third-order valence-corrected chi connectivity index (χ3v) is 8.64. The number of pyridine rings is 1. The first-order valence-corrected chi connectivity index (χ1v) is 14.0. The van der Waals surface area contributed by atoms with Crippen LogP contribution in [0.15, 0.2) is 121 Å². The highest BCUT2D eigenvalue weighted by atomic mass is 16.5. The monoisotopic (exact) mass is 525 g/mol. The summed E-state index contributed by atoms with van der Waals surface area (Å²) < 4.78 is 6.52. The number of hydrogen-bond acceptors (Lipinski definition) is 4. The van der Waals surface area contributed by atoms with Gasteiger partial charge in [0.15, 0.2) is 11.5 Å². The van der Waals surface area contributed by atoms with Crippen LogP contribution >= 0.6 is 0 Å². The van der Waals surface area contributed by atoms with Crippen LogP contribution in [0.1, 0.15) is 5.56 Å². The van der Waals surface area contributed by atoms with Crippen LogP contribution < -0.4 is 31.3 Å². The number of hydrogen-bond donors (Lipinski definition) is 1. The van der Waals surface area contributed by atoms with E-state index in [1.165, 1.54) is 33.1 Å².